The molecule has 0 aliphatic rings. The number of nitrogens with one attached hydrogen (secondary N) is 2. The Kier molecular flexibility index (Phi) is 6.75. The summed E-state index contributed by atoms with van der Waals surface area (Å²) in [5.74, 6) is -0.969. The molecule has 0 heterocycles. The number of methoxy groups -OCH3 is 1. The van der Waals surface area contributed by atoms with E-state index >= 15 is 0 Å². The van der Waals surface area contributed by atoms with E-state index in [-0.39, 0.29) is 5.56 Å². The van der Waals surface area contributed by atoms with Crippen molar-refractivity contribution in [3.05, 3.63) is 65.2 Å². The molecule has 0 aromatic heterocycles. The fourth-order valence-electron chi connectivity index (χ4n) is 2.29. The average molecular weight is 416 g/mol. The Morgan fingerprint density at radius 2 is 1.58 bits per heavy atom. The first kappa shape index (κ1) is 20.4. The van der Waals surface area contributed by atoms with Gasteiger partial charge in [0.15, 0.2) is 0 Å². The number of esters is 1. The number of carbonyl (C=O) groups is 2. The molecule has 0 saturated heterocycles. The molecule has 0 bridgehead atoms. The van der Waals surface area contributed by atoms with Crippen LogP contribution in [0.3, 0.4) is 0 Å². The van der Waals surface area contributed by atoms with Gasteiger partial charge in [0.05, 0.1) is 18.4 Å². The highest BCUT2D eigenvalue weighted by Gasteiger charge is 2.35. The summed E-state index contributed by atoms with van der Waals surface area (Å²) in [5.41, 5.74) is 1.85. The smallest absolute Gasteiger partial charge is 0.339 e. The standard InChI is InChI=1S/C18H17Cl3N2O3/c1-11-7-3-4-8-12(11)15(24)23-17(18(19,20)21)22-14-10-6-5-9-13(14)16(25)26-2/h3-10,17,22H,1-2H3,(H,23,24). The second kappa shape index (κ2) is 8.62. The van der Waals surface area contributed by atoms with Crippen molar-refractivity contribution in [3.8, 4) is 0 Å². The van der Waals surface area contributed by atoms with Gasteiger partial charge in [-0.1, -0.05) is 65.1 Å². The molecule has 0 aliphatic heterocycles. The highest BCUT2D eigenvalue weighted by molar-refractivity contribution is 6.68. The summed E-state index contributed by atoms with van der Waals surface area (Å²) in [4.78, 5) is 24.5. The van der Waals surface area contributed by atoms with Crippen LogP contribution in [-0.2, 0) is 4.74 Å². The van der Waals surface area contributed by atoms with Crippen molar-refractivity contribution in [2.75, 3.05) is 12.4 Å². The summed E-state index contributed by atoms with van der Waals surface area (Å²) in [6.07, 6.45) is -1.09. The topological polar surface area (TPSA) is 67.4 Å². The molecule has 2 aromatic rings. The number of hydrogen-bond acceptors (Lipinski definition) is 4. The van der Waals surface area contributed by atoms with Crippen LogP contribution in [0, 0.1) is 6.92 Å². The number of amides is 1. The van der Waals surface area contributed by atoms with Crippen molar-refractivity contribution in [1.82, 2.24) is 5.32 Å². The lowest BCUT2D eigenvalue weighted by Crippen LogP contribution is -2.49. The zero-order chi connectivity index (χ0) is 19.3. The predicted octanol–water partition coefficient (Wildman–Crippen LogP) is 4.32. The lowest BCUT2D eigenvalue weighted by Gasteiger charge is -2.28. The van der Waals surface area contributed by atoms with Crippen LogP contribution in [0.2, 0.25) is 0 Å². The van der Waals surface area contributed by atoms with E-state index < -0.39 is 21.8 Å². The van der Waals surface area contributed by atoms with Crippen LogP contribution >= 0.6 is 34.8 Å². The molecule has 0 fully saturated rings. The Morgan fingerprint density at radius 1 is 1.00 bits per heavy atom. The van der Waals surface area contributed by atoms with E-state index in [9.17, 15) is 9.59 Å². The molecule has 0 spiro atoms. The van der Waals surface area contributed by atoms with Gasteiger partial charge in [-0.15, -0.1) is 0 Å². The molecule has 5 nitrogen and oxygen atoms in total. The van der Waals surface area contributed by atoms with E-state index in [0.717, 1.165) is 5.56 Å². The molecule has 2 rings (SSSR count). The van der Waals surface area contributed by atoms with E-state index in [0.29, 0.717) is 11.3 Å². The molecule has 2 aromatic carbocycles. The Balaban J connectivity index is 2.29. The van der Waals surface area contributed by atoms with Gasteiger partial charge in [-0.2, -0.15) is 0 Å². The van der Waals surface area contributed by atoms with Gasteiger partial charge in [0.1, 0.15) is 6.17 Å². The number of benzene rings is 2. The number of carbonyl (C=O) groups excluding carboxylic acids is 2. The number of ether oxygens (including phenoxy) is 1. The average Bonchev–Trinajstić information content (AvgIpc) is 2.60. The third-order valence-corrected chi connectivity index (χ3v) is 4.28. The summed E-state index contributed by atoms with van der Waals surface area (Å²) in [6.45, 7) is 1.80. The first-order chi connectivity index (χ1) is 12.2. The van der Waals surface area contributed by atoms with E-state index in [2.05, 4.69) is 10.6 Å². The van der Waals surface area contributed by atoms with Crippen molar-refractivity contribution >= 4 is 52.4 Å². The highest BCUT2D eigenvalue weighted by Crippen LogP contribution is 2.32. The Labute approximate surface area is 166 Å². The Hall–Kier alpha value is -1.95. The van der Waals surface area contributed by atoms with Crippen LogP contribution < -0.4 is 10.6 Å². The Bertz CT molecular complexity index is 806. The molecule has 1 atom stereocenters. The summed E-state index contributed by atoms with van der Waals surface area (Å²) >= 11 is 18.1. The van der Waals surface area contributed by atoms with Crippen molar-refractivity contribution in [1.29, 1.82) is 0 Å². The maximum absolute atomic E-state index is 12.6. The highest BCUT2D eigenvalue weighted by atomic mass is 35.6. The maximum Gasteiger partial charge on any atom is 0.339 e. The van der Waals surface area contributed by atoms with Crippen LogP contribution in [0.4, 0.5) is 5.69 Å². The van der Waals surface area contributed by atoms with Crippen LogP contribution in [0.5, 0.6) is 0 Å². The van der Waals surface area contributed by atoms with Crippen LogP contribution in [0.25, 0.3) is 0 Å². The fraction of sp³-hybridized carbons (Fsp3) is 0.222. The van der Waals surface area contributed by atoms with Gasteiger partial charge in [-0.3, -0.25) is 4.79 Å². The summed E-state index contributed by atoms with van der Waals surface area (Å²) in [6, 6.07) is 13.6. The van der Waals surface area contributed by atoms with E-state index in [4.69, 9.17) is 39.5 Å². The summed E-state index contributed by atoms with van der Waals surface area (Å²) < 4.78 is 2.87. The number of alkyl halides is 3. The predicted molar refractivity (Wildman–Crippen MR) is 104 cm³/mol. The number of aryl methyl sites for hydroxylation is 1. The largest absolute Gasteiger partial charge is 0.465 e. The molecule has 0 radical (unpaired) electrons. The number of para-hydroxylation sites is 1. The van der Waals surface area contributed by atoms with E-state index in [1.54, 1.807) is 49.4 Å². The normalized spacial score (nSPS) is 12.2. The van der Waals surface area contributed by atoms with Gasteiger partial charge in [0.25, 0.3) is 5.91 Å². The fourth-order valence-corrected chi connectivity index (χ4v) is 2.62. The molecule has 2 N–H and O–H groups in total. The molecule has 8 heteroatoms. The van der Waals surface area contributed by atoms with E-state index in [1.807, 2.05) is 6.07 Å². The summed E-state index contributed by atoms with van der Waals surface area (Å²) in [7, 11) is 1.27. The molecule has 26 heavy (non-hydrogen) atoms. The minimum absolute atomic E-state index is 0.249. The van der Waals surface area contributed by atoms with Crippen molar-refractivity contribution in [3.63, 3.8) is 0 Å². The lowest BCUT2D eigenvalue weighted by atomic mass is 10.1. The molecule has 1 amide bonds. The van der Waals surface area contributed by atoms with Gasteiger partial charge in [0.2, 0.25) is 3.79 Å². The summed E-state index contributed by atoms with van der Waals surface area (Å²) in [5, 5.41) is 5.54. The van der Waals surface area contributed by atoms with Gasteiger partial charge < -0.3 is 15.4 Å². The van der Waals surface area contributed by atoms with Gasteiger partial charge in [-0.25, -0.2) is 4.79 Å². The molecule has 0 saturated carbocycles. The SMILES string of the molecule is COC(=O)c1ccccc1NC(NC(=O)c1ccccc1C)C(Cl)(Cl)Cl. The van der Waals surface area contributed by atoms with Crippen molar-refractivity contribution in [2.24, 2.45) is 0 Å². The van der Waals surface area contributed by atoms with E-state index in [1.165, 1.54) is 7.11 Å². The van der Waals surface area contributed by atoms with Crippen LogP contribution in [0.1, 0.15) is 26.3 Å². The lowest BCUT2D eigenvalue weighted by molar-refractivity contribution is 0.0601. The zero-order valence-corrected chi connectivity index (χ0v) is 16.3. The third kappa shape index (κ3) is 5.04. The number of hydrogen-bond donors (Lipinski definition) is 2. The van der Waals surface area contributed by atoms with Gasteiger partial charge >= 0.3 is 5.97 Å². The first-order valence-corrected chi connectivity index (χ1v) is 8.74. The van der Waals surface area contributed by atoms with Crippen molar-refractivity contribution in [2.45, 2.75) is 16.9 Å². The zero-order valence-electron chi connectivity index (χ0n) is 14.1. The molecule has 0 aliphatic carbocycles. The Morgan fingerprint density at radius 3 is 2.15 bits per heavy atom. The van der Waals surface area contributed by atoms with Crippen LogP contribution in [-0.4, -0.2) is 28.9 Å². The molecule has 1 unspecified atom stereocenters. The molecular weight excluding hydrogens is 399 g/mol. The first-order valence-electron chi connectivity index (χ1n) is 7.61. The number of rotatable bonds is 5. The molecule has 138 valence electrons. The molecular formula is C18H17Cl3N2O3. The van der Waals surface area contributed by atoms with Gasteiger partial charge in [-0.05, 0) is 30.7 Å². The second-order valence-electron chi connectivity index (χ2n) is 5.44. The number of anilines is 1. The monoisotopic (exact) mass is 414 g/mol. The quantitative estimate of drug-likeness (QED) is 0.433. The van der Waals surface area contributed by atoms with Crippen LogP contribution in [0.15, 0.2) is 48.5 Å². The second-order valence-corrected chi connectivity index (χ2v) is 7.81. The maximum atomic E-state index is 12.6. The third-order valence-electron chi connectivity index (χ3n) is 3.62. The minimum Gasteiger partial charge on any atom is -0.465 e. The minimum atomic E-state index is -1.87. The van der Waals surface area contributed by atoms with Crippen molar-refractivity contribution < 1.29 is 14.3 Å². The number of halogens is 3. The van der Waals surface area contributed by atoms with Gasteiger partial charge in [0, 0.05) is 5.56 Å².